The number of nitrogens with two attached hydrogens (primary N) is 1. The Bertz CT molecular complexity index is 550. The summed E-state index contributed by atoms with van der Waals surface area (Å²) in [6.07, 6.45) is -8.06. The molecule has 1 unspecified atom stereocenters. The van der Waals surface area contributed by atoms with E-state index in [0.29, 0.717) is 4.57 Å². The Morgan fingerprint density at radius 1 is 1.71 bits per heavy atom. The van der Waals surface area contributed by atoms with Crippen LogP contribution in [0.1, 0.15) is 8.97 Å². The molecular weight excluding hydrogens is 232 g/mol. The fourth-order valence-electron chi connectivity index (χ4n) is 1.46. The highest BCUT2D eigenvalue weighted by molar-refractivity contribution is 5.10. The lowest BCUT2D eigenvalue weighted by Crippen LogP contribution is -2.36. The smallest absolute Gasteiger partial charge is 0.354 e. The van der Waals surface area contributed by atoms with E-state index in [0.717, 1.165) is 0 Å². The van der Waals surface area contributed by atoms with Crippen LogP contribution >= 0.6 is 0 Å². The molecule has 1 saturated heterocycles. The van der Waals surface area contributed by atoms with Crippen molar-refractivity contribution in [3.63, 3.8) is 0 Å². The fourth-order valence-corrected chi connectivity index (χ4v) is 1.46. The van der Waals surface area contributed by atoms with Crippen molar-refractivity contribution in [3.8, 4) is 0 Å². The van der Waals surface area contributed by atoms with Crippen molar-refractivity contribution < 1.29 is 22.8 Å². The topological polar surface area (TPSA) is 144 Å². The molecule has 9 heteroatoms. The van der Waals surface area contributed by atoms with Crippen LogP contribution in [0.4, 0.5) is 5.95 Å². The van der Waals surface area contributed by atoms with Crippen LogP contribution in [0.15, 0.2) is 11.1 Å². The molecule has 0 aliphatic carbocycles. The molecule has 1 aromatic rings. The van der Waals surface area contributed by atoms with E-state index in [1.165, 1.54) is 0 Å². The van der Waals surface area contributed by atoms with Crippen molar-refractivity contribution in [2.45, 2.75) is 24.5 Å². The zero-order chi connectivity index (χ0) is 14.4. The Morgan fingerprint density at radius 2 is 2.41 bits per heavy atom. The first-order valence-electron chi connectivity index (χ1n) is 5.68. The number of aliphatic hydroxyl groups is 3. The molecular formula is C8H12N4O5. The Morgan fingerprint density at radius 3 is 2.94 bits per heavy atom. The minimum absolute atomic E-state index is 0.433. The van der Waals surface area contributed by atoms with Gasteiger partial charge in [0.1, 0.15) is 26.0 Å². The van der Waals surface area contributed by atoms with Crippen LogP contribution in [-0.2, 0) is 4.74 Å². The molecule has 5 N–H and O–H groups in total. The van der Waals surface area contributed by atoms with Gasteiger partial charge in [-0.15, -0.1) is 0 Å². The van der Waals surface area contributed by atoms with Gasteiger partial charge in [-0.1, -0.05) is 0 Å². The normalized spacial score (nSPS) is 38.9. The summed E-state index contributed by atoms with van der Waals surface area (Å²) < 4.78 is 20.6. The number of hydrogen-bond donors (Lipinski definition) is 4. The molecule has 4 atom stereocenters. The Kier molecular flexibility index (Phi) is 2.44. The predicted molar refractivity (Wildman–Crippen MR) is 53.7 cm³/mol. The van der Waals surface area contributed by atoms with Gasteiger partial charge in [-0.05, 0) is 0 Å². The third-order valence-corrected chi connectivity index (χ3v) is 2.31. The molecule has 1 aliphatic heterocycles. The Balaban J connectivity index is 2.51. The van der Waals surface area contributed by atoms with Crippen molar-refractivity contribution in [2.75, 3.05) is 12.3 Å². The summed E-state index contributed by atoms with van der Waals surface area (Å²) in [5.74, 6) is -0.433. The van der Waals surface area contributed by atoms with Gasteiger partial charge in [0.2, 0.25) is 5.95 Å². The second kappa shape index (κ2) is 4.37. The van der Waals surface area contributed by atoms with Crippen LogP contribution < -0.4 is 11.4 Å². The van der Waals surface area contributed by atoms with Crippen molar-refractivity contribution >= 4 is 5.95 Å². The van der Waals surface area contributed by atoms with Crippen LogP contribution in [0, 0.1) is 0 Å². The number of ether oxygens (including phenoxy) is 1. The molecule has 0 amide bonds. The third kappa shape index (κ3) is 2.00. The lowest BCUT2D eigenvalue weighted by molar-refractivity contribution is -0.0554. The van der Waals surface area contributed by atoms with E-state index in [2.05, 4.69) is 9.97 Å². The maximum atomic E-state index is 11.6. The molecule has 2 heterocycles. The first-order valence-corrected chi connectivity index (χ1v) is 4.68. The molecule has 1 aromatic heterocycles. The van der Waals surface area contributed by atoms with Crippen LogP contribution in [-0.4, -0.2) is 54.7 Å². The highest BCUT2D eigenvalue weighted by Gasteiger charge is 2.43. The summed E-state index contributed by atoms with van der Waals surface area (Å²) in [5, 5.41) is 28.4. The second-order valence-electron chi connectivity index (χ2n) is 3.41. The number of anilines is 1. The molecule has 9 nitrogen and oxygen atoms in total. The van der Waals surface area contributed by atoms with Crippen LogP contribution in [0.5, 0.6) is 0 Å². The summed E-state index contributed by atoms with van der Waals surface area (Å²) in [7, 11) is 0. The molecule has 0 aromatic carbocycles. The summed E-state index contributed by atoms with van der Waals surface area (Å²) in [6, 6.07) is 0. The highest BCUT2D eigenvalue weighted by atomic mass is 16.6. The van der Waals surface area contributed by atoms with Gasteiger partial charge >= 0.3 is 5.69 Å². The van der Waals surface area contributed by atoms with Gasteiger partial charge in [0, 0.05) is 0 Å². The molecule has 0 radical (unpaired) electrons. The molecule has 1 aliphatic rings. The van der Waals surface area contributed by atoms with Crippen LogP contribution in [0.2, 0.25) is 0 Å². The molecule has 94 valence electrons. The molecule has 0 saturated carbocycles. The number of hydrogen-bond acceptors (Lipinski definition) is 8. The average molecular weight is 246 g/mol. The van der Waals surface area contributed by atoms with Gasteiger partial charge in [-0.25, -0.2) is 9.78 Å². The monoisotopic (exact) mass is 246 g/mol. The molecule has 0 spiro atoms. The van der Waals surface area contributed by atoms with Crippen molar-refractivity contribution in [2.24, 2.45) is 0 Å². The Labute approximate surface area is 97.9 Å². The quantitative estimate of drug-likeness (QED) is 0.428. The summed E-state index contributed by atoms with van der Waals surface area (Å²) in [6.45, 7) is -0.670. The predicted octanol–water partition coefficient (Wildman–Crippen LogP) is -3.17. The van der Waals surface area contributed by atoms with E-state index >= 15 is 0 Å². The van der Waals surface area contributed by atoms with E-state index in [1.54, 1.807) is 0 Å². The van der Waals surface area contributed by atoms with E-state index in [1.807, 2.05) is 0 Å². The zero-order valence-electron chi connectivity index (χ0n) is 10.5. The maximum Gasteiger partial charge on any atom is 0.354 e. The van der Waals surface area contributed by atoms with Crippen LogP contribution in [0.25, 0.3) is 0 Å². The highest BCUT2D eigenvalue weighted by Crippen LogP contribution is 2.27. The van der Waals surface area contributed by atoms with E-state index < -0.39 is 49.1 Å². The molecule has 17 heavy (non-hydrogen) atoms. The van der Waals surface area contributed by atoms with E-state index in [9.17, 15) is 15.0 Å². The SMILES string of the molecule is [2H]c1nc(N)nc(=O)n1[C@@H]1O[C@H](CO)[C@H](O)C1([2H])O. The van der Waals surface area contributed by atoms with Gasteiger partial charge < -0.3 is 25.8 Å². The summed E-state index contributed by atoms with van der Waals surface area (Å²) >= 11 is 0. The molecule has 2 rings (SSSR count). The lowest BCUT2D eigenvalue weighted by atomic mass is 10.1. The molecule has 0 bridgehead atoms. The van der Waals surface area contributed by atoms with Gasteiger partial charge in [0.05, 0.1) is 7.98 Å². The van der Waals surface area contributed by atoms with E-state index in [4.69, 9.17) is 18.3 Å². The zero-order valence-corrected chi connectivity index (χ0v) is 8.52. The number of nitrogens with zero attached hydrogens (tertiary/aromatic N) is 3. The first kappa shape index (κ1) is 9.48. The largest absolute Gasteiger partial charge is 0.394 e. The maximum absolute atomic E-state index is 11.6. The number of nitrogen functional groups attached to an aromatic ring is 1. The number of aliphatic hydroxyl groups excluding tert-OH is 2. The van der Waals surface area contributed by atoms with Gasteiger partial charge in [-0.2, -0.15) is 4.98 Å². The van der Waals surface area contributed by atoms with Crippen LogP contribution in [0.3, 0.4) is 0 Å². The molecule has 1 fully saturated rings. The van der Waals surface area contributed by atoms with E-state index in [-0.39, 0.29) is 0 Å². The number of rotatable bonds is 2. The van der Waals surface area contributed by atoms with Crippen molar-refractivity contribution in [3.05, 3.63) is 16.8 Å². The minimum Gasteiger partial charge on any atom is -0.394 e. The average Bonchev–Trinajstić information content (AvgIpc) is 2.51. The standard InChI is InChI=1S/C8H12N4O5/c9-7-10-2-12(8(16)11-7)6-5(15)4(14)3(1-13)17-6/h2-6,13-15H,1H2,(H2,9,11,16)/t3-,4+,5?,6-/m1/s1/i2D,5D. The van der Waals surface area contributed by atoms with Crippen molar-refractivity contribution in [1.82, 2.24) is 14.5 Å². The fraction of sp³-hybridized carbons (Fsp3) is 0.625. The number of aromatic nitrogens is 3. The third-order valence-electron chi connectivity index (χ3n) is 2.31. The minimum atomic E-state index is -2.63. The second-order valence-corrected chi connectivity index (χ2v) is 3.41. The Hall–Kier alpha value is -1.55. The van der Waals surface area contributed by atoms with Crippen molar-refractivity contribution in [1.29, 1.82) is 0 Å². The first-order chi connectivity index (χ1) is 8.78. The van der Waals surface area contributed by atoms with Gasteiger partial charge in [-0.3, -0.25) is 4.57 Å². The van der Waals surface area contributed by atoms with Gasteiger partial charge in [0.25, 0.3) is 0 Å². The summed E-state index contributed by atoms with van der Waals surface area (Å²) in [5.41, 5.74) is 4.12. The van der Waals surface area contributed by atoms with Gasteiger partial charge in [0.15, 0.2) is 6.23 Å². The lowest BCUT2D eigenvalue weighted by Gasteiger charge is -2.16. The summed E-state index contributed by atoms with van der Waals surface area (Å²) in [4.78, 5) is 18.3.